The minimum Gasteiger partial charge on any atom is -0.395 e. The van der Waals surface area contributed by atoms with E-state index in [1.54, 1.807) is 0 Å². The normalized spacial score (nSPS) is 20.4. The van der Waals surface area contributed by atoms with Crippen LogP contribution in [0.4, 0.5) is 0 Å². The van der Waals surface area contributed by atoms with Gasteiger partial charge in [0, 0.05) is 19.6 Å². The fraction of sp³-hybridized carbons (Fsp3) is 0.571. The largest absolute Gasteiger partial charge is 0.395 e. The summed E-state index contributed by atoms with van der Waals surface area (Å²) in [5.41, 5.74) is 2.60. The van der Waals surface area contributed by atoms with Crippen LogP contribution in [0.3, 0.4) is 0 Å². The number of aliphatic hydroxyl groups excluding tert-OH is 1. The molecule has 102 valence electrons. The summed E-state index contributed by atoms with van der Waals surface area (Å²) in [6, 6.07) is 8.66. The molecule has 0 amide bonds. The Morgan fingerprint density at radius 1 is 1.33 bits per heavy atom. The Balaban J connectivity index is 0.00000162. The molecule has 1 aromatic rings. The van der Waals surface area contributed by atoms with Crippen LogP contribution in [0, 0.1) is 0 Å². The number of halogens is 1. The Morgan fingerprint density at radius 2 is 2.06 bits per heavy atom. The SMILES string of the molecule is CCc1ccc(C2CN(CCO)CCO2)cc1.Cl. The van der Waals surface area contributed by atoms with Crippen LogP contribution in [-0.4, -0.2) is 42.9 Å². The standard InChI is InChI=1S/C14H21NO2.ClH/c1-2-12-3-5-13(6-4-12)14-11-15(7-9-16)8-10-17-14;/h3-6,14,16H,2,7-11H2,1H3;1H. The van der Waals surface area contributed by atoms with Gasteiger partial charge in [0.2, 0.25) is 0 Å². The van der Waals surface area contributed by atoms with Crippen molar-refractivity contribution < 1.29 is 9.84 Å². The van der Waals surface area contributed by atoms with Crippen LogP contribution in [0.2, 0.25) is 0 Å². The van der Waals surface area contributed by atoms with E-state index in [1.807, 2.05) is 0 Å². The van der Waals surface area contributed by atoms with Crippen LogP contribution in [0.1, 0.15) is 24.2 Å². The van der Waals surface area contributed by atoms with Crippen molar-refractivity contribution in [1.29, 1.82) is 0 Å². The predicted octanol–water partition coefficient (Wildman–Crippen LogP) is 2.04. The number of ether oxygens (including phenoxy) is 1. The van der Waals surface area contributed by atoms with Gasteiger partial charge in [0.25, 0.3) is 0 Å². The number of hydrogen-bond donors (Lipinski definition) is 1. The highest BCUT2D eigenvalue weighted by atomic mass is 35.5. The fourth-order valence-corrected chi connectivity index (χ4v) is 2.22. The molecule has 0 aliphatic carbocycles. The van der Waals surface area contributed by atoms with Gasteiger partial charge in [0.05, 0.1) is 19.3 Å². The number of aliphatic hydroxyl groups is 1. The van der Waals surface area contributed by atoms with Gasteiger partial charge in [-0.15, -0.1) is 12.4 Å². The summed E-state index contributed by atoms with van der Waals surface area (Å²) in [6.45, 7) is 5.68. The van der Waals surface area contributed by atoms with Gasteiger partial charge in [-0.3, -0.25) is 4.90 Å². The third-order valence-corrected chi connectivity index (χ3v) is 3.33. The van der Waals surface area contributed by atoms with Gasteiger partial charge in [0.15, 0.2) is 0 Å². The van der Waals surface area contributed by atoms with Gasteiger partial charge in [-0.05, 0) is 17.5 Å². The molecule has 0 radical (unpaired) electrons. The molecule has 0 aromatic heterocycles. The van der Waals surface area contributed by atoms with E-state index in [0.29, 0.717) is 0 Å². The summed E-state index contributed by atoms with van der Waals surface area (Å²) < 4.78 is 5.79. The number of nitrogens with zero attached hydrogens (tertiary/aromatic N) is 1. The lowest BCUT2D eigenvalue weighted by Gasteiger charge is -2.32. The highest BCUT2D eigenvalue weighted by Gasteiger charge is 2.21. The Morgan fingerprint density at radius 3 is 2.67 bits per heavy atom. The van der Waals surface area contributed by atoms with Crippen molar-refractivity contribution in [2.45, 2.75) is 19.4 Å². The number of hydrogen-bond acceptors (Lipinski definition) is 3. The summed E-state index contributed by atoms with van der Waals surface area (Å²) in [4.78, 5) is 2.25. The first-order valence-corrected chi connectivity index (χ1v) is 6.37. The van der Waals surface area contributed by atoms with Gasteiger partial charge in [-0.1, -0.05) is 31.2 Å². The van der Waals surface area contributed by atoms with Crippen molar-refractivity contribution in [2.75, 3.05) is 32.8 Å². The third-order valence-electron chi connectivity index (χ3n) is 3.33. The van der Waals surface area contributed by atoms with Crippen LogP contribution in [0.25, 0.3) is 0 Å². The van der Waals surface area contributed by atoms with E-state index in [-0.39, 0.29) is 25.1 Å². The Kier molecular flexibility index (Phi) is 6.65. The van der Waals surface area contributed by atoms with Gasteiger partial charge in [0.1, 0.15) is 0 Å². The molecule has 0 spiro atoms. The summed E-state index contributed by atoms with van der Waals surface area (Å²) >= 11 is 0. The van der Waals surface area contributed by atoms with E-state index >= 15 is 0 Å². The van der Waals surface area contributed by atoms with Crippen molar-refractivity contribution in [3.63, 3.8) is 0 Å². The molecule has 1 saturated heterocycles. The van der Waals surface area contributed by atoms with E-state index in [2.05, 4.69) is 36.1 Å². The highest BCUT2D eigenvalue weighted by molar-refractivity contribution is 5.85. The molecule has 1 atom stereocenters. The first-order valence-electron chi connectivity index (χ1n) is 6.37. The molecule has 18 heavy (non-hydrogen) atoms. The van der Waals surface area contributed by atoms with Gasteiger partial charge >= 0.3 is 0 Å². The van der Waals surface area contributed by atoms with Crippen molar-refractivity contribution >= 4 is 12.4 Å². The van der Waals surface area contributed by atoms with E-state index in [4.69, 9.17) is 9.84 Å². The Labute approximate surface area is 115 Å². The first-order chi connectivity index (χ1) is 8.33. The molecule has 1 aliphatic heterocycles. The molecule has 2 rings (SSSR count). The third kappa shape index (κ3) is 3.95. The first kappa shape index (κ1) is 15.4. The number of morpholine rings is 1. The van der Waals surface area contributed by atoms with E-state index in [9.17, 15) is 0 Å². The summed E-state index contributed by atoms with van der Waals surface area (Å²) in [6.07, 6.45) is 1.23. The number of β-amino-alcohol motifs (C(OH)–C–C–N with tert-alkyl or cyclic N) is 1. The molecule has 1 N–H and O–H groups in total. The highest BCUT2D eigenvalue weighted by Crippen LogP contribution is 2.22. The summed E-state index contributed by atoms with van der Waals surface area (Å²) in [7, 11) is 0. The van der Waals surface area contributed by atoms with E-state index in [0.717, 1.165) is 32.7 Å². The molecular formula is C14H22ClNO2. The second-order valence-corrected chi connectivity index (χ2v) is 4.48. The topological polar surface area (TPSA) is 32.7 Å². The summed E-state index contributed by atoms with van der Waals surface area (Å²) in [5.74, 6) is 0. The maximum atomic E-state index is 8.96. The quantitative estimate of drug-likeness (QED) is 0.910. The van der Waals surface area contributed by atoms with Crippen LogP contribution < -0.4 is 0 Å². The number of rotatable bonds is 4. The zero-order valence-corrected chi connectivity index (χ0v) is 11.7. The minimum atomic E-state index is 0. The lowest BCUT2D eigenvalue weighted by molar-refractivity contribution is -0.0337. The molecular weight excluding hydrogens is 250 g/mol. The number of benzene rings is 1. The van der Waals surface area contributed by atoms with Crippen LogP contribution >= 0.6 is 12.4 Å². The van der Waals surface area contributed by atoms with E-state index < -0.39 is 0 Å². The predicted molar refractivity (Wildman–Crippen MR) is 75.3 cm³/mol. The maximum Gasteiger partial charge on any atom is 0.0952 e. The molecule has 1 heterocycles. The zero-order valence-electron chi connectivity index (χ0n) is 10.8. The molecule has 4 heteroatoms. The average Bonchev–Trinajstić information content (AvgIpc) is 2.40. The molecule has 1 fully saturated rings. The second-order valence-electron chi connectivity index (χ2n) is 4.48. The van der Waals surface area contributed by atoms with Crippen LogP contribution in [0.5, 0.6) is 0 Å². The zero-order chi connectivity index (χ0) is 12.1. The summed E-state index contributed by atoms with van der Waals surface area (Å²) in [5, 5.41) is 8.96. The molecule has 3 nitrogen and oxygen atoms in total. The van der Waals surface area contributed by atoms with Gasteiger partial charge < -0.3 is 9.84 Å². The van der Waals surface area contributed by atoms with Gasteiger partial charge in [-0.25, -0.2) is 0 Å². The number of aryl methyl sites for hydroxylation is 1. The molecule has 1 aromatic carbocycles. The Hall–Kier alpha value is -0.610. The van der Waals surface area contributed by atoms with Gasteiger partial charge in [-0.2, -0.15) is 0 Å². The monoisotopic (exact) mass is 271 g/mol. The van der Waals surface area contributed by atoms with Crippen molar-refractivity contribution in [1.82, 2.24) is 4.90 Å². The second kappa shape index (κ2) is 7.74. The molecule has 0 saturated carbocycles. The average molecular weight is 272 g/mol. The van der Waals surface area contributed by atoms with Crippen molar-refractivity contribution in [3.8, 4) is 0 Å². The minimum absolute atomic E-state index is 0. The van der Waals surface area contributed by atoms with Crippen LogP contribution in [0.15, 0.2) is 24.3 Å². The molecule has 1 unspecified atom stereocenters. The maximum absolute atomic E-state index is 8.96. The van der Waals surface area contributed by atoms with Crippen LogP contribution in [-0.2, 0) is 11.2 Å². The smallest absolute Gasteiger partial charge is 0.0952 e. The Bertz CT molecular complexity index is 340. The lowest BCUT2D eigenvalue weighted by Crippen LogP contribution is -2.39. The van der Waals surface area contributed by atoms with Crippen molar-refractivity contribution in [3.05, 3.63) is 35.4 Å². The molecule has 0 bridgehead atoms. The fourth-order valence-electron chi connectivity index (χ4n) is 2.22. The van der Waals surface area contributed by atoms with Crippen molar-refractivity contribution in [2.24, 2.45) is 0 Å². The van der Waals surface area contributed by atoms with E-state index in [1.165, 1.54) is 11.1 Å². The lowest BCUT2D eigenvalue weighted by atomic mass is 10.0. The molecule has 1 aliphatic rings.